The third-order valence-electron chi connectivity index (χ3n) is 4.70. The lowest BCUT2D eigenvalue weighted by molar-refractivity contribution is 0.0185. The summed E-state index contributed by atoms with van der Waals surface area (Å²) in [7, 11) is 0. The smallest absolute Gasteiger partial charge is 0.257 e. The van der Waals surface area contributed by atoms with Gasteiger partial charge in [0.1, 0.15) is 0 Å². The Kier molecular flexibility index (Phi) is 4.58. The number of ether oxygens (including phenoxy) is 1. The van der Waals surface area contributed by atoms with E-state index in [1.54, 1.807) is 6.20 Å². The Labute approximate surface area is 149 Å². The number of rotatable bonds is 3. The maximum Gasteiger partial charge on any atom is 0.257 e. The van der Waals surface area contributed by atoms with Crippen LogP contribution in [0.2, 0.25) is 4.34 Å². The number of carbonyl (C=O) groups is 1. The molecule has 1 atom stereocenters. The van der Waals surface area contributed by atoms with Crippen LogP contribution >= 0.6 is 22.9 Å². The van der Waals surface area contributed by atoms with E-state index in [4.69, 9.17) is 16.3 Å². The maximum atomic E-state index is 12.9. The second-order valence-electron chi connectivity index (χ2n) is 6.10. The first-order valence-corrected chi connectivity index (χ1v) is 9.32. The topological polar surface area (TPSA) is 61.5 Å². The van der Waals surface area contributed by atoms with Crippen LogP contribution in [0, 0.1) is 0 Å². The molecule has 24 heavy (non-hydrogen) atoms. The number of hydrogen-bond donors (Lipinski definition) is 1. The molecule has 2 aliphatic heterocycles. The molecule has 128 valence electrons. The fourth-order valence-corrected chi connectivity index (χ4v) is 4.47. The number of hydrogen-bond acceptors (Lipinski definition) is 5. The summed E-state index contributed by atoms with van der Waals surface area (Å²) in [6.45, 7) is 5.05. The number of H-pyrrole nitrogens is 1. The van der Waals surface area contributed by atoms with E-state index < -0.39 is 0 Å². The van der Waals surface area contributed by atoms with E-state index in [9.17, 15) is 4.79 Å². The second-order valence-corrected chi connectivity index (χ2v) is 7.82. The molecule has 0 bridgehead atoms. The first-order valence-electron chi connectivity index (χ1n) is 8.12. The van der Waals surface area contributed by atoms with Crippen molar-refractivity contribution in [2.24, 2.45) is 0 Å². The highest BCUT2D eigenvalue weighted by Gasteiger charge is 2.32. The van der Waals surface area contributed by atoms with Crippen LogP contribution in [0.1, 0.15) is 16.8 Å². The number of amides is 1. The standard InChI is InChI=1S/C16H19ClN4O2S/c17-14-2-1-13(24-14)15-12(9-18-19-15)16(22)21-4-3-11(10-21)20-5-7-23-8-6-20/h1-2,9,11H,3-8,10H2,(H,18,19). The van der Waals surface area contributed by atoms with Crippen molar-refractivity contribution in [3.8, 4) is 10.6 Å². The zero-order valence-corrected chi connectivity index (χ0v) is 14.8. The molecular formula is C16H19ClN4O2S. The van der Waals surface area contributed by atoms with E-state index in [-0.39, 0.29) is 5.91 Å². The van der Waals surface area contributed by atoms with Gasteiger partial charge in [-0.1, -0.05) is 11.6 Å². The molecule has 2 saturated heterocycles. The molecule has 2 aromatic rings. The molecule has 4 heterocycles. The lowest BCUT2D eigenvalue weighted by Crippen LogP contribution is -2.45. The molecular weight excluding hydrogens is 348 g/mol. The first-order chi connectivity index (χ1) is 11.7. The molecule has 0 radical (unpaired) electrons. The van der Waals surface area contributed by atoms with E-state index in [1.807, 2.05) is 17.0 Å². The third kappa shape index (κ3) is 3.09. The van der Waals surface area contributed by atoms with E-state index in [1.165, 1.54) is 11.3 Å². The van der Waals surface area contributed by atoms with E-state index in [0.717, 1.165) is 56.4 Å². The number of morpholine rings is 1. The molecule has 0 spiro atoms. The van der Waals surface area contributed by atoms with Gasteiger partial charge in [-0.2, -0.15) is 5.10 Å². The predicted molar refractivity (Wildman–Crippen MR) is 93.6 cm³/mol. The van der Waals surface area contributed by atoms with Crippen molar-refractivity contribution in [1.29, 1.82) is 0 Å². The Morgan fingerprint density at radius 3 is 2.92 bits per heavy atom. The molecule has 8 heteroatoms. The Balaban J connectivity index is 1.48. The number of halogens is 1. The average molecular weight is 367 g/mol. The Morgan fingerprint density at radius 1 is 1.33 bits per heavy atom. The van der Waals surface area contributed by atoms with Gasteiger partial charge in [-0.05, 0) is 18.6 Å². The summed E-state index contributed by atoms with van der Waals surface area (Å²) in [5.74, 6) is 0.0408. The average Bonchev–Trinajstić information content (AvgIpc) is 3.35. The van der Waals surface area contributed by atoms with E-state index >= 15 is 0 Å². The van der Waals surface area contributed by atoms with Crippen molar-refractivity contribution in [2.75, 3.05) is 39.4 Å². The Bertz CT molecular complexity index is 725. The van der Waals surface area contributed by atoms with Crippen LogP contribution in [0.15, 0.2) is 18.3 Å². The van der Waals surface area contributed by atoms with Crippen molar-refractivity contribution in [1.82, 2.24) is 20.0 Å². The molecule has 2 aliphatic rings. The molecule has 0 aromatic carbocycles. The fourth-order valence-electron chi connectivity index (χ4n) is 3.42. The number of thiophene rings is 1. The molecule has 4 rings (SSSR count). The highest BCUT2D eigenvalue weighted by molar-refractivity contribution is 7.19. The lowest BCUT2D eigenvalue weighted by atomic mass is 10.2. The van der Waals surface area contributed by atoms with Crippen LogP contribution in [0.5, 0.6) is 0 Å². The van der Waals surface area contributed by atoms with Crippen LogP contribution in [0.3, 0.4) is 0 Å². The van der Waals surface area contributed by atoms with Crippen LogP contribution in [0.4, 0.5) is 0 Å². The van der Waals surface area contributed by atoms with Crippen molar-refractivity contribution < 1.29 is 9.53 Å². The van der Waals surface area contributed by atoms with Crippen molar-refractivity contribution in [3.05, 3.63) is 28.2 Å². The van der Waals surface area contributed by atoms with Gasteiger partial charge in [-0.3, -0.25) is 14.8 Å². The van der Waals surface area contributed by atoms with Gasteiger partial charge in [0, 0.05) is 32.2 Å². The number of carbonyl (C=O) groups excluding carboxylic acids is 1. The van der Waals surface area contributed by atoms with Gasteiger partial charge in [-0.15, -0.1) is 11.3 Å². The molecule has 1 amide bonds. The van der Waals surface area contributed by atoms with Crippen LogP contribution in [0.25, 0.3) is 10.6 Å². The van der Waals surface area contributed by atoms with E-state index in [0.29, 0.717) is 15.9 Å². The second kappa shape index (κ2) is 6.84. The van der Waals surface area contributed by atoms with Gasteiger partial charge < -0.3 is 9.64 Å². The number of nitrogens with one attached hydrogen (secondary N) is 1. The van der Waals surface area contributed by atoms with Gasteiger partial charge >= 0.3 is 0 Å². The number of aromatic amines is 1. The summed E-state index contributed by atoms with van der Waals surface area (Å²) in [4.78, 5) is 18.2. The minimum absolute atomic E-state index is 0.0408. The van der Waals surface area contributed by atoms with Gasteiger partial charge in [0.2, 0.25) is 0 Å². The predicted octanol–water partition coefficient (Wildman–Crippen LogP) is 2.34. The fraction of sp³-hybridized carbons (Fsp3) is 0.500. The first kappa shape index (κ1) is 16.1. The maximum absolute atomic E-state index is 12.9. The molecule has 0 saturated carbocycles. The summed E-state index contributed by atoms with van der Waals surface area (Å²) in [5.41, 5.74) is 1.38. The van der Waals surface area contributed by atoms with Crippen molar-refractivity contribution >= 4 is 28.8 Å². The minimum atomic E-state index is 0.0408. The van der Waals surface area contributed by atoms with Crippen LogP contribution in [-0.4, -0.2) is 71.3 Å². The monoisotopic (exact) mass is 366 g/mol. The SMILES string of the molecule is O=C(c1cn[nH]c1-c1ccc(Cl)s1)N1CCC(N2CCOCC2)C1. The summed E-state index contributed by atoms with van der Waals surface area (Å²) in [6, 6.07) is 4.18. The molecule has 2 aromatic heterocycles. The molecule has 6 nitrogen and oxygen atoms in total. The third-order valence-corrected chi connectivity index (χ3v) is 5.95. The highest BCUT2D eigenvalue weighted by Crippen LogP contribution is 2.32. The number of likely N-dealkylation sites (tertiary alicyclic amines) is 1. The van der Waals surface area contributed by atoms with Crippen LogP contribution in [-0.2, 0) is 4.74 Å². The Hall–Kier alpha value is -1.41. The minimum Gasteiger partial charge on any atom is -0.379 e. The van der Waals surface area contributed by atoms with Crippen molar-refractivity contribution in [3.63, 3.8) is 0 Å². The summed E-state index contributed by atoms with van der Waals surface area (Å²) in [6.07, 6.45) is 2.64. The molecule has 0 aliphatic carbocycles. The quantitative estimate of drug-likeness (QED) is 0.905. The Morgan fingerprint density at radius 2 is 2.17 bits per heavy atom. The summed E-state index contributed by atoms with van der Waals surface area (Å²) < 4.78 is 6.12. The van der Waals surface area contributed by atoms with Gasteiger partial charge in [0.25, 0.3) is 5.91 Å². The summed E-state index contributed by atoms with van der Waals surface area (Å²) in [5, 5.41) is 7.01. The van der Waals surface area contributed by atoms with Crippen LogP contribution < -0.4 is 0 Å². The molecule has 1 unspecified atom stereocenters. The van der Waals surface area contributed by atoms with Gasteiger partial charge in [0.05, 0.1) is 39.9 Å². The summed E-state index contributed by atoms with van der Waals surface area (Å²) >= 11 is 7.46. The lowest BCUT2D eigenvalue weighted by Gasteiger charge is -2.32. The molecule has 2 fully saturated rings. The zero-order valence-electron chi connectivity index (χ0n) is 13.2. The van der Waals surface area contributed by atoms with Gasteiger partial charge in [-0.25, -0.2) is 0 Å². The van der Waals surface area contributed by atoms with Gasteiger partial charge in [0.15, 0.2) is 0 Å². The zero-order chi connectivity index (χ0) is 16.5. The number of nitrogens with zero attached hydrogens (tertiary/aromatic N) is 3. The normalized spacial score (nSPS) is 22.2. The van der Waals surface area contributed by atoms with E-state index in [2.05, 4.69) is 15.1 Å². The number of aromatic nitrogens is 2. The molecule has 1 N–H and O–H groups in total. The largest absolute Gasteiger partial charge is 0.379 e. The highest BCUT2D eigenvalue weighted by atomic mass is 35.5. The van der Waals surface area contributed by atoms with Crippen molar-refractivity contribution in [2.45, 2.75) is 12.5 Å².